The van der Waals surface area contributed by atoms with Crippen molar-refractivity contribution in [2.75, 3.05) is 13.1 Å². The van der Waals surface area contributed by atoms with Gasteiger partial charge in [0.05, 0.1) is 26.8 Å². The van der Waals surface area contributed by atoms with Crippen LogP contribution in [-0.2, 0) is 11.4 Å². The van der Waals surface area contributed by atoms with Gasteiger partial charge in [-0.05, 0) is 48.2 Å². The summed E-state index contributed by atoms with van der Waals surface area (Å²) in [7, 11) is 0. The first-order valence-corrected chi connectivity index (χ1v) is 12.5. The van der Waals surface area contributed by atoms with E-state index in [9.17, 15) is 4.79 Å². The zero-order chi connectivity index (χ0) is 23.4. The van der Waals surface area contributed by atoms with Crippen LogP contribution in [0.5, 0.6) is 0 Å². The number of aromatic carboxylic acids is 1. The van der Waals surface area contributed by atoms with Gasteiger partial charge in [-0.1, -0.05) is 40.5 Å². The lowest BCUT2D eigenvalue weighted by Gasteiger charge is -2.37. The van der Waals surface area contributed by atoms with Crippen molar-refractivity contribution in [1.82, 2.24) is 9.47 Å². The first-order chi connectivity index (χ1) is 16.4. The molecule has 8 heteroatoms. The van der Waals surface area contributed by atoms with Gasteiger partial charge in [0.15, 0.2) is 0 Å². The van der Waals surface area contributed by atoms with Crippen LogP contribution in [0, 0.1) is 0 Å². The number of hydrogen-bond acceptors (Lipinski definition) is 4. The van der Waals surface area contributed by atoms with Crippen molar-refractivity contribution in [3.8, 4) is 0 Å². The summed E-state index contributed by atoms with van der Waals surface area (Å²) in [6, 6.07) is 11.2. The fraction of sp³-hybridized carbons (Fsp3) is 0.385. The minimum atomic E-state index is -0.927. The molecule has 6 nitrogen and oxygen atoms in total. The van der Waals surface area contributed by atoms with Gasteiger partial charge >= 0.3 is 5.97 Å². The highest BCUT2D eigenvalue weighted by Crippen LogP contribution is 2.44. The smallest absolute Gasteiger partial charge is 0.335 e. The molecule has 176 valence electrons. The summed E-state index contributed by atoms with van der Waals surface area (Å²) in [5, 5.41) is 16.1. The first kappa shape index (κ1) is 22.0. The third kappa shape index (κ3) is 3.88. The first-order valence-electron chi connectivity index (χ1n) is 11.7. The van der Waals surface area contributed by atoms with Gasteiger partial charge in [0.25, 0.3) is 0 Å². The summed E-state index contributed by atoms with van der Waals surface area (Å²) < 4.78 is 2.32. The van der Waals surface area contributed by atoms with Gasteiger partial charge in [-0.25, -0.2) is 4.79 Å². The minimum Gasteiger partial charge on any atom is -0.478 e. The van der Waals surface area contributed by atoms with Crippen LogP contribution in [0.15, 0.2) is 47.8 Å². The number of oxime groups is 1. The molecule has 2 aliphatic heterocycles. The summed E-state index contributed by atoms with van der Waals surface area (Å²) in [5.41, 5.74) is 4.10. The Labute approximate surface area is 207 Å². The van der Waals surface area contributed by atoms with Crippen LogP contribution in [0.4, 0.5) is 0 Å². The molecule has 3 aromatic rings. The highest BCUT2D eigenvalue weighted by Gasteiger charge is 2.42. The number of piperidine rings is 1. The number of nitrogens with zero attached hydrogens (tertiary/aromatic N) is 3. The number of rotatable bonds is 5. The highest BCUT2D eigenvalue weighted by atomic mass is 35.5. The van der Waals surface area contributed by atoms with E-state index in [4.69, 9.17) is 33.1 Å². The normalized spacial score (nSPS) is 20.0. The van der Waals surface area contributed by atoms with E-state index >= 15 is 0 Å². The Morgan fingerprint density at radius 1 is 1.09 bits per heavy atom. The molecule has 1 spiro atoms. The number of benzene rings is 2. The molecule has 1 aromatic heterocycles. The molecule has 1 aliphatic carbocycles. The molecule has 0 bridgehead atoms. The number of carboxylic acids is 1. The number of hydrogen-bond donors (Lipinski definition) is 1. The second kappa shape index (κ2) is 8.29. The van der Waals surface area contributed by atoms with E-state index in [1.54, 1.807) is 12.1 Å². The molecule has 0 unspecified atom stereocenters. The Morgan fingerprint density at radius 2 is 1.79 bits per heavy atom. The van der Waals surface area contributed by atoms with Crippen molar-refractivity contribution in [3.63, 3.8) is 0 Å². The van der Waals surface area contributed by atoms with Gasteiger partial charge in [0.1, 0.15) is 5.60 Å². The third-order valence-electron chi connectivity index (χ3n) is 7.36. The molecule has 0 radical (unpaired) electrons. The fourth-order valence-electron chi connectivity index (χ4n) is 5.27. The van der Waals surface area contributed by atoms with E-state index in [0.717, 1.165) is 71.1 Å². The second-order valence-electron chi connectivity index (χ2n) is 9.69. The molecular weight excluding hydrogens is 473 g/mol. The Kier molecular flexibility index (Phi) is 5.36. The topological polar surface area (TPSA) is 67.1 Å². The van der Waals surface area contributed by atoms with E-state index in [0.29, 0.717) is 6.04 Å². The van der Waals surface area contributed by atoms with E-state index in [1.165, 1.54) is 18.4 Å². The maximum Gasteiger partial charge on any atom is 0.335 e. The lowest BCUT2D eigenvalue weighted by molar-refractivity contribution is -0.0626. The van der Waals surface area contributed by atoms with Crippen molar-refractivity contribution < 1.29 is 14.7 Å². The third-order valence-corrected chi connectivity index (χ3v) is 7.98. The number of fused-ring (bicyclic) bond motifs is 1. The largest absolute Gasteiger partial charge is 0.478 e. The number of carboxylic acid groups (broad SMARTS) is 1. The van der Waals surface area contributed by atoms with Crippen LogP contribution < -0.4 is 0 Å². The summed E-state index contributed by atoms with van der Waals surface area (Å²) in [5.74, 6) is -0.927. The SMILES string of the molecule is O=C(O)c1ccc(C2=NOC3(CCN(Cc4cn(C5CC5)c5c(Cl)ccc(Cl)c45)CC3)C2)cc1. The molecule has 1 saturated heterocycles. The van der Waals surface area contributed by atoms with Gasteiger partial charge in [0, 0.05) is 56.5 Å². The van der Waals surface area contributed by atoms with Gasteiger partial charge in [0.2, 0.25) is 0 Å². The predicted molar refractivity (Wildman–Crippen MR) is 133 cm³/mol. The van der Waals surface area contributed by atoms with Gasteiger partial charge < -0.3 is 14.5 Å². The van der Waals surface area contributed by atoms with E-state index in [2.05, 4.69) is 20.8 Å². The van der Waals surface area contributed by atoms with Crippen LogP contribution in [0.25, 0.3) is 10.9 Å². The van der Waals surface area contributed by atoms with Crippen LogP contribution in [-0.4, -0.2) is 44.9 Å². The zero-order valence-electron chi connectivity index (χ0n) is 18.6. The van der Waals surface area contributed by atoms with Crippen LogP contribution in [0.3, 0.4) is 0 Å². The lowest BCUT2D eigenvalue weighted by Crippen LogP contribution is -2.44. The molecule has 0 amide bonds. The number of likely N-dealkylation sites (tertiary alicyclic amines) is 1. The molecule has 2 aromatic carbocycles. The molecule has 1 N–H and O–H groups in total. The number of carbonyl (C=O) groups is 1. The average molecular weight is 498 g/mol. The average Bonchev–Trinajstić information content (AvgIpc) is 3.49. The van der Waals surface area contributed by atoms with Crippen LogP contribution in [0.1, 0.15) is 59.6 Å². The maximum absolute atomic E-state index is 11.1. The molecule has 6 rings (SSSR count). The summed E-state index contributed by atoms with van der Waals surface area (Å²) in [4.78, 5) is 19.5. The maximum atomic E-state index is 11.1. The van der Waals surface area contributed by atoms with E-state index in [-0.39, 0.29) is 11.2 Å². The molecule has 34 heavy (non-hydrogen) atoms. The van der Waals surface area contributed by atoms with Gasteiger partial charge in [-0.15, -0.1) is 0 Å². The standard InChI is InChI=1S/C26H25Cl2N3O3/c27-20-7-8-21(28)24-23(20)18(15-31(24)19-5-6-19)14-30-11-9-26(10-12-30)13-22(29-34-26)16-1-3-17(4-2-16)25(32)33/h1-4,7-8,15,19H,5-6,9-14H2,(H,32,33). The van der Waals surface area contributed by atoms with Crippen molar-refractivity contribution in [3.05, 3.63) is 69.3 Å². The molecule has 3 aliphatic rings. The zero-order valence-corrected chi connectivity index (χ0v) is 20.1. The molecule has 1 saturated carbocycles. The van der Waals surface area contributed by atoms with E-state index < -0.39 is 5.97 Å². The second-order valence-corrected chi connectivity index (χ2v) is 10.5. The Hall–Kier alpha value is -2.54. The summed E-state index contributed by atoms with van der Waals surface area (Å²) in [6.07, 6.45) is 7.16. The van der Waals surface area contributed by atoms with Gasteiger partial charge in [-0.2, -0.15) is 0 Å². The van der Waals surface area contributed by atoms with Crippen molar-refractivity contribution >= 4 is 45.8 Å². The highest BCUT2D eigenvalue weighted by molar-refractivity contribution is 6.40. The number of halogens is 2. The monoisotopic (exact) mass is 497 g/mol. The van der Waals surface area contributed by atoms with E-state index in [1.807, 2.05) is 24.3 Å². The molecule has 0 atom stereocenters. The predicted octanol–water partition coefficient (Wildman–Crippen LogP) is 6.14. The van der Waals surface area contributed by atoms with Crippen molar-refractivity contribution in [2.45, 2.75) is 50.3 Å². The summed E-state index contributed by atoms with van der Waals surface area (Å²) >= 11 is 13.2. The van der Waals surface area contributed by atoms with Gasteiger partial charge in [-0.3, -0.25) is 4.90 Å². The Bertz CT molecular complexity index is 1300. The van der Waals surface area contributed by atoms with Crippen molar-refractivity contribution in [1.29, 1.82) is 0 Å². The molecule has 3 heterocycles. The lowest BCUT2D eigenvalue weighted by atomic mass is 9.85. The molecular formula is C26H25Cl2N3O3. The minimum absolute atomic E-state index is 0.274. The van der Waals surface area contributed by atoms with Crippen LogP contribution >= 0.6 is 23.2 Å². The summed E-state index contributed by atoms with van der Waals surface area (Å²) in [6.45, 7) is 2.65. The Balaban J connectivity index is 1.14. The Morgan fingerprint density at radius 3 is 2.47 bits per heavy atom. The van der Waals surface area contributed by atoms with Crippen LogP contribution in [0.2, 0.25) is 10.0 Å². The number of aromatic nitrogens is 1. The molecule has 2 fully saturated rings. The quantitative estimate of drug-likeness (QED) is 0.459. The van der Waals surface area contributed by atoms with Crippen molar-refractivity contribution in [2.24, 2.45) is 5.16 Å². The fourth-order valence-corrected chi connectivity index (χ4v) is 5.79.